The average Bonchev–Trinajstić information content (AvgIpc) is 2.32. The van der Waals surface area contributed by atoms with Gasteiger partial charge in [-0.3, -0.25) is 4.98 Å². The maximum absolute atomic E-state index is 4.37. The smallest absolute Gasteiger partial charge is 0.0603 e. The summed E-state index contributed by atoms with van der Waals surface area (Å²) in [4.78, 5) is 4.37. The topological polar surface area (TPSA) is 24.9 Å². The first-order valence-electron chi connectivity index (χ1n) is 7.26. The normalized spacial score (nSPS) is 28.4. The summed E-state index contributed by atoms with van der Waals surface area (Å²) in [7, 11) is 0. The Morgan fingerprint density at radius 2 is 2.11 bits per heavy atom. The molecule has 1 aliphatic carbocycles. The van der Waals surface area contributed by atoms with Gasteiger partial charge in [-0.2, -0.15) is 0 Å². The molecule has 0 amide bonds. The molecule has 3 unspecified atom stereocenters. The third-order valence-electron chi connectivity index (χ3n) is 4.37. The molecule has 1 aromatic rings. The largest absolute Gasteiger partial charge is 0.381 e. The van der Waals surface area contributed by atoms with E-state index in [0.29, 0.717) is 6.04 Å². The lowest BCUT2D eigenvalue weighted by atomic mass is 9.74. The summed E-state index contributed by atoms with van der Waals surface area (Å²) < 4.78 is 0. The van der Waals surface area contributed by atoms with Crippen LogP contribution in [0.3, 0.4) is 0 Å². The zero-order chi connectivity index (χ0) is 13.1. The molecule has 0 spiro atoms. The van der Waals surface area contributed by atoms with Crippen molar-refractivity contribution in [3.63, 3.8) is 0 Å². The van der Waals surface area contributed by atoms with E-state index in [1.165, 1.54) is 24.9 Å². The van der Waals surface area contributed by atoms with E-state index in [1.807, 2.05) is 12.3 Å². The van der Waals surface area contributed by atoms with Crippen molar-refractivity contribution >= 4 is 5.69 Å². The second-order valence-electron chi connectivity index (χ2n) is 6.21. The molecule has 1 heterocycles. The van der Waals surface area contributed by atoms with Crippen molar-refractivity contribution in [2.45, 2.75) is 53.0 Å². The van der Waals surface area contributed by atoms with Crippen molar-refractivity contribution in [2.75, 3.05) is 5.32 Å². The van der Waals surface area contributed by atoms with Crippen molar-refractivity contribution < 1.29 is 0 Å². The zero-order valence-corrected chi connectivity index (χ0v) is 12.1. The molecule has 0 saturated heterocycles. The van der Waals surface area contributed by atoms with Crippen LogP contribution in [-0.4, -0.2) is 11.0 Å². The van der Waals surface area contributed by atoms with Gasteiger partial charge in [-0.25, -0.2) is 0 Å². The number of hydrogen-bond donors (Lipinski definition) is 1. The van der Waals surface area contributed by atoms with Gasteiger partial charge in [-0.15, -0.1) is 0 Å². The molecular weight excluding hydrogens is 220 g/mol. The number of aryl methyl sites for hydroxylation is 1. The summed E-state index contributed by atoms with van der Waals surface area (Å²) in [6.07, 6.45) is 5.89. The molecule has 0 radical (unpaired) electrons. The van der Waals surface area contributed by atoms with Crippen LogP contribution in [0.2, 0.25) is 0 Å². The lowest BCUT2D eigenvalue weighted by Crippen LogP contribution is -2.38. The highest BCUT2D eigenvalue weighted by molar-refractivity contribution is 5.47. The highest BCUT2D eigenvalue weighted by atomic mass is 14.9. The molecule has 100 valence electrons. The van der Waals surface area contributed by atoms with Crippen molar-refractivity contribution in [1.29, 1.82) is 0 Å². The van der Waals surface area contributed by atoms with Crippen LogP contribution >= 0.6 is 0 Å². The third kappa shape index (κ3) is 3.04. The van der Waals surface area contributed by atoms with E-state index in [9.17, 15) is 0 Å². The van der Waals surface area contributed by atoms with Crippen LogP contribution in [0.5, 0.6) is 0 Å². The maximum atomic E-state index is 4.37. The van der Waals surface area contributed by atoms with Crippen LogP contribution in [-0.2, 0) is 0 Å². The summed E-state index contributed by atoms with van der Waals surface area (Å²) >= 11 is 0. The first kappa shape index (κ1) is 13.4. The molecule has 1 aliphatic rings. The predicted molar refractivity (Wildman–Crippen MR) is 77.7 cm³/mol. The van der Waals surface area contributed by atoms with Gasteiger partial charge in [-0.1, -0.05) is 27.2 Å². The quantitative estimate of drug-likeness (QED) is 0.862. The number of pyridine rings is 1. The van der Waals surface area contributed by atoms with Gasteiger partial charge in [-0.05, 0) is 49.7 Å². The van der Waals surface area contributed by atoms with E-state index in [4.69, 9.17) is 0 Å². The summed E-state index contributed by atoms with van der Waals surface area (Å²) in [6.45, 7) is 9.16. The SMILES string of the molecule is Cc1ncccc1NC1CC(C)CCC1C(C)C. The maximum Gasteiger partial charge on any atom is 0.0603 e. The Hall–Kier alpha value is -1.05. The number of nitrogens with one attached hydrogen (secondary N) is 1. The van der Waals surface area contributed by atoms with Crippen LogP contribution in [0.4, 0.5) is 5.69 Å². The Labute approximate surface area is 111 Å². The van der Waals surface area contributed by atoms with E-state index >= 15 is 0 Å². The van der Waals surface area contributed by atoms with Crippen molar-refractivity contribution in [3.05, 3.63) is 24.0 Å². The second kappa shape index (κ2) is 5.73. The van der Waals surface area contributed by atoms with Gasteiger partial charge in [0.05, 0.1) is 11.4 Å². The molecule has 2 nitrogen and oxygen atoms in total. The van der Waals surface area contributed by atoms with Crippen molar-refractivity contribution in [2.24, 2.45) is 17.8 Å². The molecular formula is C16H26N2. The summed E-state index contributed by atoms with van der Waals surface area (Å²) in [6, 6.07) is 4.78. The van der Waals surface area contributed by atoms with Crippen LogP contribution in [0.1, 0.15) is 45.7 Å². The molecule has 1 saturated carbocycles. The predicted octanol–water partition coefficient (Wildman–Crippen LogP) is 4.26. The molecule has 2 heteroatoms. The first-order chi connectivity index (χ1) is 8.58. The minimum absolute atomic E-state index is 0.608. The number of anilines is 1. The van der Waals surface area contributed by atoms with E-state index in [1.54, 1.807) is 0 Å². The third-order valence-corrected chi connectivity index (χ3v) is 4.37. The standard InChI is InChI=1S/C16H26N2/c1-11(2)14-8-7-12(3)10-16(14)18-15-6-5-9-17-13(15)4/h5-6,9,11-12,14,16,18H,7-8,10H2,1-4H3. The van der Waals surface area contributed by atoms with E-state index in [0.717, 1.165) is 23.4 Å². The summed E-state index contributed by atoms with van der Waals surface area (Å²) in [5, 5.41) is 3.75. The molecule has 1 N–H and O–H groups in total. The van der Waals surface area contributed by atoms with Crippen LogP contribution < -0.4 is 5.32 Å². The minimum Gasteiger partial charge on any atom is -0.381 e. The fraction of sp³-hybridized carbons (Fsp3) is 0.688. The number of hydrogen-bond acceptors (Lipinski definition) is 2. The van der Waals surface area contributed by atoms with Gasteiger partial charge in [0.1, 0.15) is 0 Å². The molecule has 1 fully saturated rings. The van der Waals surface area contributed by atoms with Crippen molar-refractivity contribution in [1.82, 2.24) is 4.98 Å². The first-order valence-corrected chi connectivity index (χ1v) is 7.26. The highest BCUT2D eigenvalue weighted by Gasteiger charge is 2.30. The van der Waals surface area contributed by atoms with Crippen LogP contribution in [0.15, 0.2) is 18.3 Å². The summed E-state index contributed by atoms with van der Waals surface area (Å²) in [5.74, 6) is 2.39. The highest BCUT2D eigenvalue weighted by Crippen LogP contribution is 2.35. The molecule has 0 aromatic carbocycles. The van der Waals surface area contributed by atoms with Crippen molar-refractivity contribution in [3.8, 4) is 0 Å². The number of rotatable bonds is 3. The molecule has 0 aliphatic heterocycles. The molecule has 3 atom stereocenters. The van der Waals surface area contributed by atoms with Crippen LogP contribution in [0.25, 0.3) is 0 Å². The van der Waals surface area contributed by atoms with Gasteiger partial charge in [0.25, 0.3) is 0 Å². The fourth-order valence-corrected chi connectivity index (χ4v) is 3.20. The minimum atomic E-state index is 0.608. The summed E-state index contributed by atoms with van der Waals surface area (Å²) in [5.41, 5.74) is 2.32. The zero-order valence-electron chi connectivity index (χ0n) is 12.1. The Morgan fingerprint density at radius 1 is 1.33 bits per heavy atom. The van der Waals surface area contributed by atoms with Gasteiger partial charge in [0, 0.05) is 12.2 Å². The molecule has 18 heavy (non-hydrogen) atoms. The van der Waals surface area contributed by atoms with Gasteiger partial charge in [0.15, 0.2) is 0 Å². The van der Waals surface area contributed by atoms with E-state index in [2.05, 4.69) is 44.1 Å². The Balaban J connectivity index is 2.11. The average molecular weight is 246 g/mol. The number of nitrogens with zero attached hydrogens (tertiary/aromatic N) is 1. The molecule has 1 aromatic heterocycles. The fourth-order valence-electron chi connectivity index (χ4n) is 3.20. The Kier molecular flexibility index (Phi) is 4.26. The monoisotopic (exact) mass is 246 g/mol. The van der Waals surface area contributed by atoms with Crippen LogP contribution in [0, 0.1) is 24.7 Å². The van der Waals surface area contributed by atoms with E-state index in [-0.39, 0.29) is 0 Å². The Morgan fingerprint density at radius 3 is 2.78 bits per heavy atom. The Bertz CT molecular complexity index is 386. The van der Waals surface area contributed by atoms with Gasteiger partial charge >= 0.3 is 0 Å². The second-order valence-corrected chi connectivity index (χ2v) is 6.21. The number of aromatic nitrogens is 1. The molecule has 2 rings (SSSR count). The lowest BCUT2D eigenvalue weighted by molar-refractivity contribution is 0.212. The lowest BCUT2D eigenvalue weighted by Gasteiger charge is -2.38. The van der Waals surface area contributed by atoms with E-state index < -0.39 is 0 Å². The van der Waals surface area contributed by atoms with Gasteiger partial charge < -0.3 is 5.32 Å². The molecule has 0 bridgehead atoms. The van der Waals surface area contributed by atoms with Gasteiger partial charge in [0.2, 0.25) is 0 Å².